The molecule has 1 unspecified atom stereocenters. The molecule has 4 N–H and O–H groups in total. The van der Waals surface area contributed by atoms with E-state index in [1.54, 1.807) is 6.20 Å². The fraction of sp³-hybridized carbons (Fsp3) is 0.647. The molecule has 3 aliphatic rings. The van der Waals surface area contributed by atoms with Crippen LogP contribution in [0.3, 0.4) is 0 Å². The van der Waals surface area contributed by atoms with Gasteiger partial charge in [0.15, 0.2) is 5.65 Å². The number of carbonyl (C=O) groups excluding carboxylic acids is 1. The molecule has 2 aromatic heterocycles. The van der Waals surface area contributed by atoms with Crippen molar-refractivity contribution >= 4 is 34.7 Å². The van der Waals surface area contributed by atoms with Crippen LogP contribution in [0.2, 0.25) is 0 Å². The van der Waals surface area contributed by atoms with E-state index in [1.807, 2.05) is 9.47 Å². The molecule has 3 aromatic rings. The number of benzene rings is 1. The molecule has 1 aromatic carbocycles. The van der Waals surface area contributed by atoms with Gasteiger partial charge in [-0.25, -0.2) is 18.7 Å². The Hall–Kier alpha value is -3.38. The normalized spacial score (nSPS) is 24.6. The molecule has 250 valence electrons. The van der Waals surface area contributed by atoms with E-state index in [0.717, 1.165) is 83.5 Å². The summed E-state index contributed by atoms with van der Waals surface area (Å²) in [6, 6.07) is 4.44. The van der Waals surface area contributed by atoms with Crippen LogP contribution in [0.25, 0.3) is 11.2 Å². The van der Waals surface area contributed by atoms with E-state index in [4.69, 9.17) is 15.7 Å². The van der Waals surface area contributed by atoms with Crippen LogP contribution in [0.1, 0.15) is 90.5 Å². The summed E-state index contributed by atoms with van der Waals surface area (Å²) in [5.74, 6) is -0.163. The molecule has 46 heavy (non-hydrogen) atoms. The third-order valence-electron chi connectivity index (χ3n) is 10.4. The van der Waals surface area contributed by atoms with Crippen LogP contribution in [0.5, 0.6) is 0 Å². The quantitative estimate of drug-likeness (QED) is 0.235. The van der Waals surface area contributed by atoms with Crippen molar-refractivity contribution < 1.29 is 13.6 Å². The fourth-order valence-electron chi connectivity index (χ4n) is 7.52. The van der Waals surface area contributed by atoms with E-state index in [2.05, 4.69) is 34.4 Å². The minimum absolute atomic E-state index is 0.000698. The molecule has 10 nitrogen and oxygen atoms in total. The average Bonchev–Trinajstić information content (AvgIpc) is 3.72. The number of anilines is 3. The lowest BCUT2D eigenvalue weighted by Crippen LogP contribution is -2.41. The summed E-state index contributed by atoms with van der Waals surface area (Å²) in [6.45, 7) is 8.18. The number of rotatable bonds is 11. The molecular formula is C34H49F2N9O. The highest BCUT2D eigenvalue weighted by atomic mass is 19.1. The first kappa shape index (κ1) is 32.6. The molecule has 0 radical (unpaired) electrons. The number of nitrogens with two attached hydrogens (primary N) is 1. The molecule has 3 heterocycles. The Labute approximate surface area is 270 Å². The minimum Gasteiger partial charge on any atom is -0.351 e. The van der Waals surface area contributed by atoms with Gasteiger partial charge in [0, 0.05) is 49.2 Å². The standard InChI is InChI=1S/C34H49F2N9O/c1-3-43(19-16-22(2)44-17-4-5-18-44)32(46)23-6-13-27(14-7-23)45-31-30(41-34(45)40-29-15-8-24(35)20-28(29)36)21-38-33(42-31)39-26-11-9-25(37)10-12-26/h8,15,20-23,25-27H,3-7,9-14,16-19,37H2,1-2H3,(H,40,41)(H,38,39,42). The maximum atomic E-state index is 14.7. The van der Waals surface area contributed by atoms with Gasteiger partial charge in [0.2, 0.25) is 17.8 Å². The Balaban J connectivity index is 1.19. The number of imidazole rings is 1. The van der Waals surface area contributed by atoms with Gasteiger partial charge in [-0.15, -0.1) is 0 Å². The van der Waals surface area contributed by atoms with Crippen LogP contribution in [-0.2, 0) is 4.79 Å². The summed E-state index contributed by atoms with van der Waals surface area (Å²) in [5, 5.41) is 6.58. The first-order chi connectivity index (χ1) is 22.3. The van der Waals surface area contributed by atoms with Gasteiger partial charge >= 0.3 is 0 Å². The maximum Gasteiger partial charge on any atom is 0.225 e. The predicted octanol–water partition coefficient (Wildman–Crippen LogP) is 5.98. The molecule has 1 amide bonds. The molecule has 1 aliphatic heterocycles. The van der Waals surface area contributed by atoms with Gasteiger partial charge in [-0.05, 0) is 110 Å². The van der Waals surface area contributed by atoms with E-state index in [0.29, 0.717) is 35.6 Å². The highest BCUT2D eigenvalue weighted by molar-refractivity contribution is 5.79. The van der Waals surface area contributed by atoms with Crippen LogP contribution >= 0.6 is 0 Å². The number of halogens is 2. The van der Waals surface area contributed by atoms with E-state index < -0.39 is 11.6 Å². The van der Waals surface area contributed by atoms with Crippen LogP contribution in [-0.4, -0.2) is 79.5 Å². The number of aromatic nitrogens is 4. The van der Waals surface area contributed by atoms with Gasteiger partial charge in [-0.2, -0.15) is 4.98 Å². The highest BCUT2D eigenvalue weighted by Crippen LogP contribution is 2.38. The zero-order chi connectivity index (χ0) is 32.2. The SMILES string of the molecule is CCN(CCC(C)N1CCCC1)C(=O)C1CCC(n2c(Nc3ccc(F)cc3F)nc3cnc(NC4CCC(N)CC4)nc32)CC1. The number of hydrogen-bond donors (Lipinski definition) is 3. The van der Waals surface area contributed by atoms with E-state index in [1.165, 1.54) is 25.0 Å². The van der Waals surface area contributed by atoms with Crippen molar-refractivity contribution in [3.8, 4) is 0 Å². The number of amides is 1. The van der Waals surface area contributed by atoms with Crippen LogP contribution < -0.4 is 16.4 Å². The molecule has 6 rings (SSSR count). The number of fused-ring (bicyclic) bond motifs is 1. The minimum atomic E-state index is -0.699. The van der Waals surface area contributed by atoms with Crippen molar-refractivity contribution in [2.75, 3.05) is 36.8 Å². The first-order valence-electron chi connectivity index (χ1n) is 17.3. The summed E-state index contributed by atoms with van der Waals surface area (Å²) < 4.78 is 30.4. The van der Waals surface area contributed by atoms with Crippen molar-refractivity contribution in [1.29, 1.82) is 0 Å². The Morgan fingerprint density at radius 2 is 1.80 bits per heavy atom. The van der Waals surface area contributed by atoms with Crippen molar-refractivity contribution in [1.82, 2.24) is 29.3 Å². The lowest BCUT2D eigenvalue weighted by molar-refractivity contribution is -0.136. The third kappa shape index (κ3) is 7.43. The monoisotopic (exact) mass is 637 g/mol. The summed E-state index contributed by atoms with van der Waals surface area (Å²) in [4.78, 5) is 32.4. The second-order valence-corrected chi connectivity index (χ2v) is 13.5. The maximum absolute atomic E-state index is 14.7. The number of hydrogen-bond acceptors (Lipinski definition) is 8. The summed E-state index contributed by atoms with van der Waals surface area (Å²) in [7, 11) is 0. The van der Waals surface area contributed by atoms with Crippen molar-refractivity contribution in [2.45, 2.75) is 109 Å². The Kier molecular flexibility index (Phi) is 10.3. The van der Waals surface area contributed by atoms with Gasteiger partial charge in [-0.1, -0.05) is 0 Å². The lowest BCUT2D eigenvalue weighted by Gasteiger charge is -2.34. The van der Waals surface area contributed by atoms with Gasteiger partial charge in [0.1, 0.15) is 17.2 Å². The fourth-order valence-corrected chi connectivity index (χ4v) is 7.52. The molecule has 1 atom stereocenters. The summed E-state index contributed by atoms with van der Waals surface area (Å²) in [5.41, 5.74) is 7.47. The van der Waals surface area contributed by atoms with Crippen molar-refractivity contribution in [2.24, 2.45) is 11.7 Å². The zero-order valence-electron chi connectivity index (χ0n) is 27.2. The Morgan fingerprint density at radius 3 is 2.50 bits per heavy atom. The molecule has 2 aliphatic carbocycles. The predicted molar refractivity (Wildman–Crippen MR) is 177 cm³/mol. The largest absolute Gasteiger partial charge is 0.351 e. The number of likely N-dealkylation sites (tertiary alicyclic amines) is 1. The highest BCUT2D eigenvalue weighted by Gasteiger charge is 2.32. The lowest BCUT2D eigenvalue weighted by atomic mass is 9.85. The summed E-state index contributed by atoms with van der Waals surface area (Å²) >= 11 is 0. The first-order valence-corrected chi connectivity index (χ1v) is 17.3. The van der Waals surface area contributed by atoms with Crippen LogP contribution in [0, 0.1) is 17.6 Å². The Morgan fingerprint density at radius 1 is 1.07 bits per heavy atom. The van der Waals surface area contributed by atoms with Gasteiger partial charge in [-0.3, -0.25) is 9.36 Å². The van der Waals surface area contributed by atoms with Crippen LogP contribution in [0.15, 0.2) is 24.4 Å². The molecule has 2 saturated carbocycles. The van der Waals surface area contributed by atoms with Gasteiger partial charge < -0.3 is 26.2 Å². The summed E-state index contributed by atoms with van der Waals surface area (Å²) in [6.07, 6.45) is 12.1. The van der Waals surface area contributed by atoms with Crippen molar-refractivity contribution in [3.63, 3.8) is 0 Å². The van der Waals surface area contributed by atoms with Crippen LogP contribution in [0.4, 0.5) is 26.4 Å². The molecule has 12 heteroatoms. The molecule has 0 spiro atoms. The molecule has 0 bridgehead atoms. The van der Waals surface area contributed by atoms with Crippen molar-refractivity contribution in [3.05, 3.63) is 36.0 Å². The van der Waals surface area contributed by atoms with E-state index in [9.17, 15) is 13.6 Å². The van der Waals surface area contributed by atoms with Gasteiger partial charge in [0.05, 0.1) is 11.9 Å². The molecular weight excluding hydrogens is 588 g/mol. The molecule has 1 saturated heterocycles. The van der Waals surface area contributed by atoms with Gasteiger partial charge in [0.25, 0.3) is 0 Å². The molecule has 3 fully saturated rings. The topological polar surface area (TPSA) is 117 Å². The zero-order valence-corrected chi connectivity index (χ0v) is 27.2. The number of nitrogens with one attached hydrogen (secondary N) is 2. The Bertz CT molecular complexity index is 1480. The third-order valence-corrected chi connectivity index (χ3v) is 10.4. The van der Waals surface area contributed by atoms with E-state index >= 15 is 0 Å². The smallest absolute Gasteiger partial charge is 0.225 e. The average molecular weight is 638 g/mol. The second kappa shape index (κ2) is 14.6. The number of carbonyl (C=O) groups is 1. The second-order valence-electron chi connectivity index (χ2n) is 13.5. The number of nitrogens with zero attached hydrogens (tertiary/aromatic N) is 6. The van der Waals surface area contributed by atoms with E-state index in [-0.39, 0.29) is 35.6 Å².